The predicted octanol–water partition coefficient (Wildman–Crippen LogP) is 0.0762. The number of anilines is 1. The topological polar surface area (TPSA) is 69.8 Å². The molecule has 0 saturated carbocycles. The van der Waals surface area contributed by atoms with Crippen molar-refractivity contribution in [1.82, 2.24) is 9.80 Å². The Balaban J connectivity index is 1.93. The number of nitrogens with two attached hydrogens (primary N) is 1. The molecule has 1 aromatic carbocycles. The fourth-order valence-electron chi connectivity index (χ4n) is 2.03. The van der Waals surface area contributed by atoms with E-state index < -0.39 is 6.10 Å². The maximum atomic E-state index is 11.6. The zero-order valence-electron chi connectivity index (χ0n) is 10.5. The number of aliphatic hydroxyl groups is 1. The molecule has 0 radical (unpaired) electrons. The van der Waals surface area contributed by atoms with Crippen LogP contribution in [0.3, 0.4) is 0 Å². The first-order valence-corrected chi connectivity index (χ1v) is 6.06. The maximum Gasteiger partial charge on any atom is 0.236 e. The number of carbonyl (C=O) groups excluding carboxylic acids is 1. The van der Waals surface area contributed by atoms with Gasteiger partial charge in [0.2, 0.25) is 5.91 Å². The van der Waals surface area contributed by atoms with Crippen LogP contribution >= 0.6 is 0 Å². The van der Waals surface area contributed by atoms with Crippen molar-refractivity contribution in [2.75, 3.05) is 39.0 Å². The monoisotopic (exact) mass is 249 g/mol. The highest BCUT2D eigenvalue weighted by Gasteiger charge is 2.23. The van der Waals surface area contributed by atoms with Crippen LogP contribution in [0.1, 0.15) is 11.7 Å². The molecule has 5 nitrogen and oxygen atoms in total. The highest BCUT2D eigenvalue weighted by molar-refractivity contribution is 5.78. The third-order valence-electron chi connectivity index (χ3n) is 3.29. The zero-order chi connectivity index (χ0) is 13.1. The molecule has 0 bridgehead atoms. The minimum absolute atomic E-state index is 0.103. The van der Waals surface area contributed by atoms with Crippen molar-refractivity contribution in [1.29, 1.82) is 0 Å². The molecule has 1 unspecified atom stereocenters. The highest BCUT2D eigenvalue weighted by atomic mass is 16.3. The summed E-state index contributed by atoms with van der Waals surface area (Å²) in [6, 6.07) is 7.18. The number of nitrogen functional groups attached to an aromatic ring is 1. The summed E-state index contributed by atoms with van der Waals surface area (Å²) in [5, 5.41) is 10.1. The number of amides is 1. The molecule has 0 spiro atoms. The van der Waals surface area contributed by atoms with Crippen molar-refractivity contribution in [2.24, 2.45) is 0 Å². The van der Waals surface area contributed by atoms with E-state index in [1.807, 2.05) is 17.0 Å². The van der Waals surface area contributed by atoms with Gasteiger partial charge >= 0.3 is 0 Å². The van der Waals surface area contributed by atoms with Crippen molar-refractivity contribution in [3.8, 4) is 0 Å². The number of nitrogens with zero attached hydrogens (tertiary/aromatic N) is 2. The van der Waals surface area contributed by atoms with Gasteiger partial charge in [-0.2, -0.15) is 0 Å². The number of carbonyl (C=O) groups is 1. The van der Waals surface area contributed by atoms with Gasteiger partial charge in [-0.25, -0.2) is 0 Å². The molecule has 1 aromatic rings. The van der Waals surface area contributed by atoms with Crippen LogP contribution in [0.4, 0.5) is 5.69 Å². The molecular weight excluding hydrogens is 230 g/mol. The number of benzene rings is 1. The van der Waals surface area contributed by atoms with Crippen LogP contribution in [0, 0.1) is 0 Å². The van der Waals surface area contributed by atoms with E-state index in [4.69, 9.17) is 5.73 Å². The summed E-state index contributed by atoms with van der Waals surface area (Å²) in [5.74, 6) is 0.103. The van der Waals surface area contributed by atoms with Gasteiger partial charge in [0.15, 0.2) is 0 Å². The van der Waals surface area contributed by atoms with Gasteiger partial charge in [0.25, 0.3) is 0 Å². The van der Waals surface area contributed by atoms with Gasteiger partial charge in [0.1, 0.15) is 0 Å². The maximum absolute atomic E-state index is 11.6. The van der Waals surface area contributed by atoms with E-state index in [2.05, 4.69) is 0 Å². The van der Waals surface area contributed by atoms with E-state index in [0.717, 1.165) is 12.1 Å². The second kappa shape index (κ2) is 5.37. The average Bonchev–Trinajstić information content (AvgIpc) is 2.34. The first-order chi connectivity index (χ1) is 8.56. The zero-order valence-corrected chi connectivity index (χ0v) is 10.5. The summed E-state index contributed by atoms with van der Waals surface area (Å²) >= 11 is 0. The minimum Gasteiger partial charge on any atom is -0.399 e. The van der Waals surface area contributed by atoms with Crippen LogP contribution in [0.25, 0.3) is 0 Å². The number of aliphatic hydroxyl groups excluding tert-OH is 1. The standard InChI is InChI=1S/C13H19N3O2/c1-15-6-7-16(9-13(15)18)8-12(17)10-2-4-11(14)5-3-10/h2-5,12,17H,6-9,14H2,1H3. The molecule has 2 rings (SSSR count). The number of piperazine rings is 1. The molecule has 1 heterocycles. The summed E-state index contributed by atoms with van der Waals surface area (Å²) in [4.78, 5) is 15.2. The van der Waals surface area contributed by atoms with Crippen LogP contribution in [-0.4, -0.2) is 54.0 Å². The lowest BCUT2D eigenvalue weighted by Gasteiger charge is -2.33. The SMILES string of the molecule is CN1CCN(CC(O)c2ccc(N)cc2)CC1=O. The van der Waals surface area contributed by atoms with E-state index in [0.29, 0.717) is 25.3 Å². The van der Waals surface area contributed by atoms with Crippen molar-refractivity contribution in [3.05, 3.63) is 29.8 Å². The Hall–Kier alpha value is -1.59. The summed E-state index contributed by atoms with van der Waals surface area (Å²) in [5.41, 5.74) is 7.11. The minimum atomic E-state index is -0.582. The Morgan fingerprint density at radius 3 is 2.61 bits per heavy atom. The van der Waals surface area contributed by atoms with Crippen molar-refractivity contribution >= 4 is 11.6 Å². The van der Waals surface area contributed by atoms with Crippen LogP contribution in [0.5, 0.6) is 0 Å². The molecule has 3 N–H and O–H groups in total. The molecule has 1 amide bonds. The van der Waals surface area contributed by atoms with Crippen LogP contribution in [0.2, 0.25) is 0 Å². The van der Waals surface area contributed by atoms with E-state index in [9.17, 15) is 9.90 Å². The Bertz CT molecular complexity index is 419. The van der Waals surface area contributed by atoms with Crippen LogP contribution < -0.4 is 5.73 Å². The van der Waals surface area contributed by atoms with Gasteiger partial charge in [-0.1, -0.05) is 12.1 Å². The molecule has 1 aliphatic heterocycles. The Kier molecular flexibility index (Phi) is 3.84. The van der Waals surface area contributed by atoms with Crippen molar-refractivity contribution < 1.29 is 9.90 Å². The van der Waals surface area contributed by atoms with Gasteiger partial charge in [-0.3, -0.25) is 9.69 Å². The van der Waals surface area contributed by atoms with Gasteiger partial charge in [0, 0.05) is 32.4 Å². The predicted molar refractivity (Wildman–Crippen MR) is 69.9 cm³/mol. The number of β-amino-alcohol motifs (C(OH)–C–C–N with tert-alkyl or cyclic N) is 1. The molecule has 5 heteroatoms. The molecule has 98 valence electrons. The fourth-order valence-corrected chi connectivity index (χ4v) is 2.03. The third kappa shape index (κ3) is 3.00. The lowest BCUT2D eigenvalue weighted by Crippen LogP contribution is -2.49. The average molecular weight is 249 g/mol. The first-order valence-electron chi connectivity index (χ1n) is 6.06. The van der Waals surface area contributed by atoms with E-state index >= 15 is 0 Å². The third-order valence-corrected chi connectivity index (χ3v) is 3.29. The number of hydrogen-bond donors (Lipinski definition) is 2. The second-order valence-electron chi connectivity index (χ2n) is 4.73. The summed E-state index contributed by atoms with van der Waals surface area (Å²) in [6.07, 6.45) is -0.582. The normalized spacial score (nSPS) is 19.0. The quantitative estimate of drug-likeness (QED) is 0.744. The molecule has 18 heavy (non-hydrogen) atoms. The largest absolute Gasteiger partial charge is 0.399 e. The van der Waals surface area contributed by atoms with Gasteiger partial charge in [-0.05, 0) is 17.7 Å². The number of hydrogen-bond acceptors (Lipinski definition) is 4. The Morgan fingerprint density at radius 2 is 2.00 bits per heavy atom. The lowest BCUT2D eigenvalue weighted by molar-refractivity contribution is -0.134. The second-order valence-corrected chi connectivity index (χ2v) is 4.73. The van der Waals surface area contributed by atoms with E-state index in [-0.39, 0.29) is 5.91 Å². The van der Waals surface area contributed by atoms with Crippen molar-refractivity contribution in [2.45, 2.75) is 6.10 Å². The first kappa shape index (κ1) is 12.9. The molecular formula is C13H19N3O2. The highest BCUT2D eigenvalue weighted by Crippen LogP contribution is 2.16. The number of rotatable bonds is 3. The Labute approximate surface area is 107 Å². The Morgan fingerprint density at radius 1 is 1.33 bits per heavy atom. The van der Waals surface area contributed by atoms with E-state index in [1.54, 1.807) is 24.1 Å². The molecule has 1 saturated heterocycles. The van der Waals surface area contributed by atoms with Crippen molar-refractivity contribution in [3.63, 3.8) is 0 Å². The van der Waals surface area contributed by atoms with E-state index in [1.165, 1.54) is 0 Å². The molecule has 1 atom stereocenters. The fraction of sp³-hybridized carbons (Fsp3) is 0.462. The van der Waals surface area contributed by atoms with Gasteiger partial charge in [-0.15, -0.1) is 0 Å². The summed E-state index contributed by atoms with van der Waals surface area (Å²) in [6.45, 7) is 2.37. The smallest absolute Gasteiger partial charge is 0.236 e. The molecule has 0 aliphatic carbocycles. The number of likely N-dealkylation sites (N-methyl/N-ethyl adjacent to an activating group) is 1. The van der Waals surface area contributed by atoms with Gasteiger partial charge in [0.05, 0.1) is 12.6 Å². The summed E-state index contributed by atoms with van der Waals surface area (Å²) < 4.78 is 0. The summed E-state index contributed by atoms with van der Waals surface area (Å²) in [7, 11) is 1.80. The molecule has 1 aliphatic rings. The molecule has 1 fully saturated rings. The molecule has 0 aromatic heterocycles. The van der Waals surface area contributed by atoms with Crippen LogP contribution in [-0.2, 0) is 4.79 Å². The van der Waals surface area contributed by atoms with Gasteiger partial charge < -0.3 is 15.7 Å². The lowest BCUT2D eigenvalue weighted by atomic mass is 10.1. The van der Waals surface area contributed by atoms with Crippen LogP contribution in [0.15, 0.2) is 24.3 Å².